The van der Waals surface area contributed by atoms with Gasteiger partial charge in [-0.15, -0.1) is 0 Å². The summed E-state index contributed by atoms with van der Waals surface area (Å²) in [6.45, 7) is 12.6. The second kappa shape index (κ2) is 56.1. The average molecular weight is 1910 g/mol. The molecule has 0 fully saturated rings. The Hall–Kier alpha value is -9.28. The lowest BCUT2D eigenvalue weighted by Crippen LogP contribution is -2.42. The summed E-state index contributed by atoms with van der Waals surface area (Å²) in [5.74, 6) is -4.26. The predicted molar refractivity (Wildman–Crippen MR) is 541 cm³/mol. The van der Waals surface area contributed by atoms with Gasteiger partial charge in [0.1, 0.15) is 46.0 Å². The number of carbonyl (C=O) groups excluding carboxylic acids is 8. The van der Waals surface area contributed by atoms with Gasteiger partial charge in [-0.1, -0.05) is 105 Å². The van der Waals surface area contributed by atoms with E-state index in [9.17, 15) is 38.4 Å². The largest absolute Gasteiger partial charge is 0.483 e. The Balaban J connectivity index is 2.38. The van der Waals surface area contributed by atoms with Crippen molar-refractivity contribution in [1.82, 2.24) is 42.5 Å². The zero-order valence-corrected chi connectivity index (χ0v) is 89.3. The Labute approximate surface area is 817 Å². The highest BCUT2D eigenvalue weighted by atomic mass is 16.5. The quantitative estimate of drug-likeness (QED) is 0.0152. The van der Waals surface area contributed by atoms with Gasteiger partial charge >= 0.3 is 0 Å². The number of ether oxygens (including phenoxy) is 8. The molecule has 0 unspecified atom stereocenters. The number of nitrogens with one attached hydrogen (secondary N) is 8. The molecule has 8 N–H and O–H groups in total. The molecule has 0 saturated carbocycles. The molecule has 136 heavy (non-hydrogen) atoms. The van der Waals surface area contributed by atoms with E-state index in [1.54, 1.807) is 24.3 Å². The van der Waals surface area contributed by atoms with Crippen molar-refractivity contribution in [2.75, 3.05) is 327 Å². The van der Waals surface area contributed by atoms with Crippen LogP contribution in [0, 0.1) is 0 Å². The van der Waals surface area contributed by atoms with Gasteiger partial charge in [-0.2, -0.15) is 0 Å². The third kappa shape index (κ3) is 46.5. The highest BCUT2D eigenvalue weighted by Crippen LogP contribution is 2.54. The van der Waals surface area contributed by atoms with Crippen LogP contribution in [0.3, 0.4) is 0 Å². The molecule has 32 nitrogen and oxygen atoms in total. The van der Waals surface area contributed by atoms with Crippen LogP contribution in [0.2, 0.25) is 0 Å². The van der Waals surface area contributed by atoms with Crippen LogP contribution in [0.1, 0.15) is 199 Å². The van der Waals surface area contributed by atoms with Crippen LogP contribution in [-0.2, 0) is 38.4 Å². The molecule has 0 spiro atoms. The number of hydrogen-bond donors (Lipinski definition) is 8. The minimum absolute atomic E-state index is 0.247. The van der Waals surface area contributed by atoms with Crippen LogP contribution in [0.25, 0.3) is 0 Å². The third-order valence-corrected chi connectivity index (χ3v) is 23.7. The maximum absolute atomic E-state index is 14.8. The average Bonchev–Trinajstić information content (AvgIpc) is 0.743. The molecule has 0 aromatic heterocycles. The lowest BCUT2D eigenvalue weighted by Gasteiger charge is -2.32. The Morgan fingerprint density at radius 3 is 0.419 bits per heavy atom. The molecule has 768 valence electrons. The van der Waals surface area contributed by atoms with Crippen molar-refractivity contribution in [3.8, 4) is 46.0 Å². The van der Waals surface area contributed by atoms with E-state index in [4.69, 9.17) is 37.9 Å². The Morgan fingerprint density at radius 1 is 0.199 bits per heavy atom. The standard InChI is InChI=1S/C104H176N16O16/c1-29-33-37-41-77-81-61-83(91(131-71-99(123)107-47-55-115(11,12)13)65-89(81)129-69-97(121)105-45-53-113(5,6)7)78(42-38-34-30-2)85-63-87(95(135-75-103(127)111-51-59-119(23,24)25)67-93(85)133-73-101(125)109-49-57-117(17,18)19)80(44-40-36-32-4)88-64-86(94(134-74-102(126)110-50-58-118(20,21)22)68-96(88)136-76-104(128)112-52-60-120(26,27)28)79(43-39-35-31-3)84-62-82(77)90(130-70-98(122)106-46-54-114(8,9)10)66-92(84)132-72-100(124)108-48-56-116(14,15)16/h61-68,77-80H,29-60,69-76H2,1-28H3/p+8. The number of fused-ring (bicyclic) bond motifs is 8. The van der Waals surface area contributed by atoms with Crippen molar-refractivity contribution in [3.63, 3.8) is 0 Å². The summed E-state index contributed by atoms with van der Waals surface area (Å²) in [5, 5.41) is 25.0. The number of benzene rings is 4. The van der Waals surface area contributed by atoms with Crippen molar-refractivity contribution in [3.05, 3.63) is 93.0 Å². The van der Waals surface area contributed by atoms with Crippen LogP contribution in [0.4, 0.5) is 0 Å². The van der Waals surface area contributed by atoms with Gasteiger partial charge in [0.25, 0.3) is 47.3 Å². The van der Waals surface area contributed by atoms with Crippen molar-refractivity contribution in [2.24, 2.45) is 0 Å². The summed E-state index contributed by atoms with van der Waals surface area (Å²) >= 11 is 0. The molecule has 0 saturated heterocycles. The summed E-state index contributed by atoms with van der Waals surface area (Å²) in [7, 11) is 49.3. The molecular weight excluding hydrogens is 1730 g/mol. The van der Waals surface area contributed by atoms with Crippen LogP contribution >= 0.6 is 0 Å². The molecule has 0 radical (unpaired) electrons. The summed E-state index contributed by atoms with van der Waals surface area (Å²) < 4.78 is 62.0. The first-order valence-electron chi connectivity index (χ1n) is 49.9. The molecular formula is C104H184N16O16+8. The Bertz CT molecular complexity index is 3620. The minimum Gasteiger partial charge on any atom is -0.483 e. The third-order valence-electron chi connectivity index (χ3n) is 23.7. The maximum Gasteiger partial charge on any atom is 0.258 e. The molecule has 0 heterocycles. The van der Waals surface area contributed by atoms with E-state index in [1.807, 2.05) is 0 Å². The van der Waals surface area contributed by atoms with Crippen LogP contribution in [0.5, 0.6) is 46.0 Å². The first kappa shape index (κ1) is 117. The molecule has 8 amide bonds. The molecule has 4 aromatic carbocycles. The summed E-state index contributed by atoms with van der Waals surface area (Å²) in [5.41, 5.74) is 4.72. The number of quaternary nitrogens is 8. The zero-order chi connectivity index (χ0) is 101. The molecule has 32 heteroatoms. The molecule has 1 aliphatic carbocycles. The lowest BCUT2D eigenvalue weighted by molar-refractivity contribution is -0.869. The second-order valence-corrected chi connectivity index (χ2v) is 45.1. The van der Waals surface area contributed by atoms with Crippen molar-refractivity contribution >= 4 is 47.3 Å². The monoisotopic (exact) mass is 1910 g/mol. The number of hydrogen-bond acceptors (Lipinski definition) is 16. The fourth-order valence-corrected chi connectivity index (χ4v) is 15.7. The SMILES string of the molecule is CCCCCC1c2cc(c(OCC(=O)NCC[N+](C)(C)C)cc2OCC(=O)NCC[N+](C)(C)C)C(CCCCC)c2cc(c(OCC(=O)NCC[N+](C)(C)C)cc2OCC(=O)NCC[N+](C)(C)C)C(CCCCC)c2cc(c(OCC(=O)NCC[N+](C)(C)C)cc2OCC(=O)NCC[N+](C)(C)C)C(CCCCC)c2cc1c(OCC(=O)NCC[N+](C)(C)C)cc2OCC(=O)NCC[N+](C)(C)C. The molecule has 0 atom stereocenters. The number of nitrogens with zero attached hydrogens (tertiary/aromatic N) is 8. The fraction of sp³-hybridized carbons (Fsp3) is 0.692. The van der Waals surface area contributed by atoms with Crippen molar-refractivity contribution in [1.29, 1.82) is 0 Å². The molecule has 4 aromatic rings. The highest BCUT2D eigenvalue weighted by molar-refractivity contribution is 5.82. The van der Waals surface area contributed by atoms with Gasteiger partial charge in [-0.3, -0.25) is 38.4 Å². The minimum atomic E-state index is -0.780. The number of carbonyl (C=O) groups is 8. The first-order valence-corrected chi connectivity index (χ1v) is 49.9. The Kier molecular flexibility index (Phi) is 48.3. The predicted octanol–water partition coefficient (Wildman–Crippen LogP) is 8.46. The molecule has 5 rings (SSSR count). The van der Waals surface area contributed by atoms with Gasteiger partial charge in [0.2, 0.25) is 0 Å². The van der Waals surface area contributed by atoms with Crippen LogP contribution in [-0.4, -0.2) is 410 Å². The van der Waals surface area contributed by atoms with E-state index in [1.165, 1.54) is 0 Å². The first-order chi connectivity index (χ1) is 63.6. The summed E-state index contributed by atoms with van der Waals surface area (Å²) in [6, 6.07) is 15.5. The van der Waals surface area contributed by atoms with E-state index < -0.39 is 76.5 Å². The fourth-order valence-electron chi connectivity index (χ4n) is 15.7. The van der Waals surface area contributed by atoms with E-state index in [0.717, 1.165) is 51.4 Å². The van der Waals surface area contributed by atoms with Crippen LogP contribution < -0.4 is 80.4 Å². The molecule has 0 aliphatic heterocycles. The van der Waals surface area contributed by atoms with E-state index in [-0.39, 0.29) is 93.3 Å². The molecule has 8 bridgehead atoms. The van der Waals surface area contributed by atoms with Gasteiger partial charge in [0, 0.05) is 92.4 Å². The van der Waals surface area contributed by atoms with Crippen LogP contribution in [0.15, 0.2) is 48.5 Å². The van der Waals surface area contributed by atoms with E-state index >= 15 is 0 Å². The van der Waals surface area contributed by atoms with Crippen molar-refractivity contribution in [2.45, 2.75) is 154 Å². The maximum atomic E-state index is 14.8. The molecule has 1 aliphatic rings. The number of rotatable bonds is 64. The Morgan fingerprint density at radius 2 is 0.316 bits per heavy atom. The van der Waals surface area contributed by atoms with Gasteiger partial charge in [-0.05, 0) is 49.9 Å². The van der Waals surface area contributed by atoms with Gasteiger partial charge in [0.15, 0.2) is 52.9 Å². The normalized spacial score (nSPS) is 14.9. The lowest BCUT2D eigenvalue weighted by atomic mass is 9.76. The second-order valence-electron chi connectivity index (χ2n) is 45.1. The number of likely N-dealkylation sites (N-methyl/N-ethyl adjacent to an activating group) is 8. The summed E-state index contributed by atoms with van der Waals surface area (Å²) in [6.07, 6.45) is 10.4. The van der Waals surface area contributed by atoms with Gasteiger partial charge in [-0.25, -0.2) is 0 Å². The van der Waals surface area contributed by atoms with E-state index in [0.29, 0.717) is 236 Å². The van der Waals surface area contributed by atoms with Gasteiger partial charge in [0.05, 0.1) is 274 Å². The number of amides is 8. The van der Waals surface area contributed by atoms with E-state index in [2.05, 4.69) is 264 Å². The topological polar surface area (TPSA) is 307 Å². The summed E-state index contributed by atoms with van der Waals surface area (Å²) in [4.78, 5) is 118. The zero-order valence-electron chi connectivity index (χ0n) is 89.3. The highest BCUT2D eigenvalue weighted by Gasteiger charge is 2.38. The number of unbranched alkanes of at least 4 members (excludes halogenated alkanes) is 8. The van der Waals surface area contributed by atoms with Gasteiger partial charge < -0.3 is 116 Å². The van der Waals surface area contributed by atoms with Crippen molar-refractivity contribution < 1.29 is 112 Å². The smallest absolute Gasteiger partial charge is 0.258 e.